The Morgan fingerprint density at radius 3 is 2.87 bits per heavy atom. The van der Waals surface area contributed by atoms with Crippen molar-refractivity contribution in [3.63, 3.8) is 0 Å². The second-order valence-electron chi connectivity index (χ2n) is 2.93. The fourth-order valence-electron chi connectivity index (χ4n) is 1.12. The van der Waals surface area contributed by atoms with Gasteiger partial charge in [-0.15, -0.1) is 0 Å². The number of rotatable bonds is 3. The molecule has 0 radical (unpaired) electrons. The van der Waals surface area contributed by atoms with E-state index in [1.54, 1.807) is 25.1 Å². The van der Waals surface area contributed by atoms with Crippen molar-refractivity contribution in [3.05, 3.63) is 34.8 Å². The molecule has 2 N–H and O–H groups in total. The van der Waals surface area contributed by atoms with Crippen LogP contribution in [-0.2, 0) is 9.53 Å². The lowest BCUT2D eigenvalue weighted by molar-refractivity contribution is -0.136. The molecule has 0 bridgehead atoms. The van der Waals surface area contributed by atoms with Crippen LogP contribution in [-0.4, -0.2) is 12.6 Å². The molecule has 3 nitrogen and oxygen atoms in total. The third-order valence-corrected chi connectivity index (χ3v) is 2.36. The van der Waals surface area contributed by atoms with Crippen LogP contribution in [0.4, 0.5) is 5.69 Å². The number of halogens is 1. The lowest BCUT2D eigenvalue weighted by Crippen LogP contribution is -2.07. The van der Waals surface area contributed by atoms with Gasteiger partial charge in [0.05, 0.1) is 12.2 Å². The smallest absolute Gasteiger partial charge is 0.338 e. The van der Waals surface area contributed by atoms with Gasteiger partial charge in [-0.3, -0.25) is 0 Å². The summed E-state index contributed by atoms with van der Waals surface area (Å²) in [5.74, 6) is -0.442. The van der Waals surface area contributed by atoms with Crippen molar-refractivity contribution in [2.75, 3.05) is 12.3 Å². The fourth-order valence-corrected chi connectivity index (χ4v) is 1.48. The Kier molecular flexibility index (Phi) is 3.91. The van der Waals surface area contributed by atoms with Crippen molar-refractivity contribution in [2.24, 2.45) is 0 Å². The van der Waals surface area contributed by atoms with E-state index in [0.717, 1.165) is 4.47 Å². The van der Waals surface area contributed by atoms with Crippen molar-refractivity contribution in [1.29, 1.82) is 0 Å². The zero-order valence-electron chi connectivity index (χ0n) is 8.42. The first-order chi connectivity index (χ1) is 7.06. The van der Waals surface area contributed by atoms with Gasteiger partial charge in [-0.05, 0) is 25.1 Å². The van der Waals surface area contributed by atoms with Crippen LogP contribution in [0, 0.1) is 0 Å². The number of hydrogen-bond donors (Lipinski definition) is 1. The minimum atomic E-state index is -0.442. The maximum Gasteiger partial charge on any atom is 0.338 e. The van der Waals surface area contributed by atoms with Crippen LogP contribution >= 0.6 is 15.9 Å². The van der Waals surface area contributed by atoms with Crippen LogP contribution in [0.15, 0.2) is 29.3 Å². The SMILES string of the molecule is C=C(C(=O)OCC)c1cc(Br)ccc1N. The first-order valence-electron chi connectivity index (χ1n) is 4.47. The Hall–Kier alpha value is -1.29. The van der Waals surface area contributed by atoms with Crippen molar-refractivity contribution in [2.45, 2.75) is 6.92 Å². The highest BCUT2D eigenvalue weighted by Gasteiger charge is 2.13. The molecule has 1 rings (SSSR count). The zero-order valence-corrected chi connectivity index (χ0v) is 10.0. The summed E-state index contributed by atoms with van der Waals surface area (Å²) in [6.45, 7) is 5.74. The second kappa shape index (κ2) is 4.98. The van der Waals surface area contributed by atoms with Gasteiger partial charge in [-0.25, -0.2) is 4.79 Å². The van der Waals surface area contributed by atoms with Crippen LogP contribution < -0.4 is 5.73 Å². The molecule has 0 aromatic heterocycles. The van der Waals surface area contributed by atoms with E-state index in [9.17, 15) is 4.79 Å². The first kappa shape index (κ1) is 11.8. The van der Waals surface area contributed by atoms with Crippen molar-refractivity contribution < 1.29 is 9.53 Å². The van der Waals surface area contributed by atoms with Gasteiger partial charge in [0.1, 0.15) is 0 Å². The lowest BCUT2D eigenvalue weighted by Gasteiger charge is -2.08. The van der Waals surface area contributed by atoms with Gasteiger partial charge in [0.2, 0.25) is 0 Å². The molecule has 0 heterocycles. The van der Waals surface area contributed by atoms with E-state index in [1.807, 2.05) is 0 Å². The molecular weight excluding hydrogens is 258 g/mol. The maximum atomic E-state index is 11.4. The molecule has 1 aromatic carbocycles. The molecule has 4 heteroatoms. The van der Waals surface area contributed by atoms with Gasteiger partial charge in [-0.1, -0.05) is 22.5 Å². The Bertz CT molecular complexity index is 402. The number of carbonyl (C=O) groups excluding carboxylic acids is 1. The highest BCUT2D eigenvalue weighted by molar-refractivity contribution is 9.10. The van der Waals surface area contributed by atoms with E-state index in [-0.39, 0.29) is 5.57 Å². The summed E-state index contributed by atoms with van der Waals surface area (Å²) in [5.41, 5.74) is 7.12. The second-order valence-corrected chi connectivity index (χ2v) is 3.85. The molecule has 0 aliphatic carbocycles. The summed E-state index contributed by atoms with van der Waals surface area (Å²) in [6, 6.07) is 5.26. The predicted octanol–water partition coefficient (Wildman–Crippen LogP) is 2.61. The highest BCUT2D eigenvalue weighted by Crippen LogP contribution is 2.25. The average molecular weight is 270 g/mol. The number of nitrogens with two attached hydrogens (primary N) is 1. The number of hydrogen-bond acceptors (Lipinski definition) is 3. The Balaban J connectivity index is 3.00. The molecule has 0 fully saturated rings. The molecule has 0 unspecified atom stereocenters. The molecular formula is C11H12BrNO2. The van der Waals surface area contributed by atoms with Gasteiger partial charge in [0, 0.05) is 15.7 Å². The number of anilines is 1. The summed E-state index contributed by atoms with van der Waals surface area (Å²) in [7, 11) is 0. The fraction of sp³-hybridized carbons (Fsp3) is 0.182. The average Bonchev–Trinajstić information content (AvgIpc) is 2.21. The van der Waals surface area contributed by atoms with E-state index in [4.69, 9.17) is 10.5 Å². The minimum Gasteiger partial charge on any atom is -0.462 e. The summed E-state index contributed by atoms with van der Waals surface area (Å²) >= 11 is 3.30. The van der Waals surface area contributed by atoms with Gasteiger partial charge >= 0.3 is 5.97 Å². The Morgan fingerprint density at radius 1 is 1.60 bits per heavy atom. The molecule has 0 aliphatic rings. The molecule has 0 aliphatic heterocycles. The van der Waals surface area contributed by atoms with Gasteiger partial charge in [-0.2, -0.15) is 0 Å². The lowest BCUT2D eigenvalue weighted by atomic mass is 10.1. The molecule has 0 atom stereocenters. The van der Waals surface area contributed by atoms with Crippen molar-refractivity contribution >= 4 is 33.2 Å². The third-order valence-electron chi connectivity index (χ3n) is 1.86. The van der Waals surface area contributed by atoms with Gasteiger partial charge in [0.25, 0.3) is 0 Å². The highest BCUT2D eigenvalue weighted by atomic mass is 79.9. The number of carbonyl (C=O) groups is 1. The van der Waals surface area contributed by atoms with Crippen LogP contribution in [0.3, 0.4) is 0 Å². The van der Waals surface area contributed by atoms with E-state index in [0.29, 0.717) is 17.9 Å². The van der Waals surface area contributed by atoms with Gasteiger partial charge in [0.15, 0.2) is 0 Å². The number of esters is 1. The summed E-state index contributed by atoms with van der Waals surface area (Å²) in [5, 5.41) is 0. The third kappa shape index (κ3) is 2.83. The van der Waals surface area contributed by atoms with Crippen LogP contribution in [0.2, 0.25) is 0 Å². The number of nitrogen functional groups attached to an aromatic ring is 1. The molecule has 0 saturated carbocycles. The molecule has 80 valence electrons. The Morgan fingerprint density at radius 2 is 2.27 bits per heavy atom. The van der Waals surface area contributed by atoms with Crippen molar-refractivity contribution in [1.82, 2.24) is 0 Å². The first-order valence-corrected chi connectivity index (χ1v) is 5.27. The van der Waals surface area contributed by atoms with E-state index < -0.39 is 5.97 Å². The topological polar surface area (TPSA) is 52.3 Å². The summed E-state index contributed by atoms with van der Waals surface area (Å²) in [6.07, 6.45) is 0. The summed E-state index contributed by atoms with van der Waals surface area (Å²) in [4.78, 5) is 11.4. The molecule has 0 amide bonds. The van der Waals surface area contributed by atoms with E-state index in [1.165, 1.54) is 0 Å². The quantitative estimate of drug-likeness (QED) is 0.522. The standard InChI is InChI=1S/C11H12BrNO2/c1-3-15-11(14)7(2)9-6-8(12)4-5-10(9)13/h4-6H,2-3,13H2,1H3. The monoisotopic (exact) mass is 269 g/mol. The Labute approximate surface area is 97.0 Å². The maximum absolute atomic E-state index is 11.4. The van der Waals surface area contributed by atoms with Crippen LogP contribution in [0.5, 0.6) is 0 Å². The molecule has 1 aromatic rings. The number of benzene rings is 1. The van der Waals surface area contributed by atoms with Gasteiger partial charge < -0.3 is 10.5 Å². The zero-order chi connectivity index (χ0) is 11.4. The van der Waals surface area contributed by atoms with E-state index in [2.05, 4.69) is 22.5 Å². The normalized spacial score (nSPS) is 9.73. The van der Waals surface area contributed by atoms with Crippen molar-refractivity contribution in [3.8, 4) is 0 Å². The largest absolute Gasteiger partial charge is 0.462 e. The minimum absolute atomic E-state index is 0.274. The van der Waals surface area contributed by atoms with Crippen LogP contribution in [0.25, 0.3) is 5.57 Å². The van der Waals surface area contributed by atoms with Crippen LogP contribution in [0.1, 0.15) is 12.5 Å². The molecule has 0 spiro atoms. The van der Waals surface area contributed by atoms with E-state index >= 15 is 0 Å². The molecule has 15 heavy (non-hydrogen) atoms. The summed E-state index contributed by atoms with van der Waals surface area (Å²) < 4.78 is 5.69. The number of ether oxygens (including phenoxy) is 1. The predicted molar refractivity (Wildman–Crippen MR) is 64.2 cm³/mol. The molecule has 0 saturated heterocycles.